The Kier molecular flexibility index (Phi) is 1.99. The normalized spacial score (nSPS) is 15.2. The highest BCUT2D eigenvalue weighted by Gasteiger charge is 2.00. The van der Waals surface area contributed by atoms with Gasteiger partial charge in [0, 0.05) is 0 Å². The molecular weight excluding hydrogens is 144 g/mol. The predicted molar refractivity (Wildman–Crippen MR) is 53.1 cm³/mol. The molecule has 0 saturated carbocycles. The van der Waals surface area contributed by atoms with Gasteiger partial charge in [-0.05, 0) is 29.7 Å². The first-order valence-electron chi connectivity index (χ1n) is 4.69. The summed E-state index contributed by atoms with van der Waals surface area (Å²) in [6.07, 6.45) is 6.02. The summed E-state index contributed by atoms with van der Waals surface area (Å²) in [6, 6.07) is 8.70. The molecule has 0 N–H and O–H groups in total. The highest BCUT2D eigenvalue weighted by molar-refractivity contribution is 5.50. The van der Waals surface area contributed by atoms with Gasteiger partial charge in [0.15, 0.2) is 0 Å². The second-order valence-electron chi connectivity index (χ2n) is 3.29. The van der Waals surface area contributed by atoms with Crippen LogP contribution in [0.25, 0.3) is 11.6 Å². The van der Waals surface area contributed by atoms with Crippen LogP contribution in [-0.2, 0) is 0 Å². The first-order valence-corrected chi connectivity index (χ1v) is 4.69. The van der Waals surface area contributed by atoms with Crippen LogP contribution in [0.2, 0.25) is 0 Å². The van der Waals surface area contributed by atoms with E-state index in [1.807, 2.05) is 0 Å². The van der Waals surface area contributed by atoms with Crippen molar-refractivity contribution in [3.8, 4) is 0 Å². The van der Waals surface area contributed by atoms with Crippen molar-refractivity contribution in [3.05, 3.63) is 34.7 Å². The van der Waals surface area contributed by atoms with E-state index in [0.29, 0.717) is 0 Å². The van der Waals surface area contributed by atoms with Crippen molar-refractivity contribution in [1.29, 1.82) is 0 Å². The van der Waals surface area contributed by atoms with Crippen LogP contribution in [0.3, 0.4) is 0 Å². The zero-order valence-electron chi connectivity index (χ0n) is 7.51. The fraction of sp³-hybridized carbons (Fsp3) is 0.333. The maximum atomic E-state index is 2.34. The Morgan fingerprint density at radius 3 is 2.92 bits per heavy atom. The van der Waals surface area contributed by atoms with Gasteiger partial charge in [-0.1, -0.05) is 42.8 Å². The molecule has 12 heavy (non-hydrogen) atoms. The van der Waals surface area contributed by atoms with Crippen LogP contribution in [0.4, 0.5) is 0 Å². The number of fused-ring (bicyclic) bond motifs is 1. The van der Waals surface area contributed by atoms with Gasteiger partial charge in [-0.3, -0.25) is 0 Å². The van der Waals surface area contributed by atoms with Crippen LogP contribution in [0.15, 0.2) is 24.3 Å². The minimum Gasteiger partial charge on any atom is -0.0763 e. The van der Waals surface area contributed by atoms with E-state index >= 15 is 0 Å². The first kappa shape index (κ1) is 7.60. The minimum atomic E-state index is 1.20. The van der Waals surface area contributed by atoms with Crippen molar-refractivity contribution in [3.63, 3.8) is 0 Å². The predicted octanol–water partition coefficient (Wildman–Crippen LogP) is 1.82. The Bertz CT molecular complexity index is 385. The van der Waals surface area contributed by atoms with E-state index in [4.69, 9.17) is 0 Å². The second-order valence-corrected chi connectivity index (χ2v) is 3.29. The Labute approximate surface area is 73.2 Å². The topological polar surface area (TPSA) is 0 Å². The largest absolute Gasteiger partial charge is 0.0763 e. The van der Waals surface area contributed by atoms with Gasteiger partial charge < -0.3 is 0 Å². The molecule has 0 spiro atoms. The van der Waals surface area contributed by atoms with E-state index in [-0.39, 0.29) is 0 Å². The Balaban J connectivity index is 2.78. The molecule has 1 aromatic carbocycles. The molecule has 0 amide bonds. The average molecular weight is 158 g/mol. The van der Waals surface area contributed by atoms with Crippen LogP contribution in [0.5, 0.6) is 0 Å². The molecule has 0 aliphatic heterocycles. The molecule has 0 fully saturated rings. The number of benzene rings is 1. The quantitative estimate of drug-likeness (QED) is 0.585. The molecule has 0 unspecified atom stereocenters. The van der Waals surface area contributed by atoms with Crippen LogP contribution in [0.1, 0.15) is 26.2 Å². The lowest BCUT2D eigenvalue weighted by Gasteiger charge is -2.07. The molecule has 1 aromatic rings. The molecule has 0 heterocycles. The van der Waals surface area contributed by atoms with Crippen LogP contribution in [0, 0.1) is 0 Å². The van der Waals surface area contributed by atoms with Crippen molar-refractivity contribution in [2.24, 2.45) is 0 Å². The molecule has 1 aliphatic rings. The lowest BCUT2D eigenvalue weighted by Crippen LogP contribution is -2.28. The highest BCUT2D eigenvalue weighted by Crippen LogP contribution is 2.10. The third-order valence-electron chi connectivity index (χ3n) is 2.58. The summed E-state index contributed by atoms with van der Waals surface area (Å²) in [5.74, 6) is 0. The van der Waals surface area contributed by atoms with Gasteiger partial charge in [-0.2, -0.15) is 0 Å². The van der Waals surface area contributed by atoms with Crippen molar-refractivity contribution in [2.75, 3.05) is 0 Å². The molecule has 2 rings (SSSR count). The number of hydrogen-bond donors (Lipinski definition) is 0. The molecule has 0 bridgehead atoms. The molecule has 1 aliphatic carbocycles. The third-order valence-corrected chi connectivity index (χ3v) is 2.58. The zero-order chi connectivity index (χ0) is 8.39. The summed E-state index contributed by atoms with van der Waals surface area (Å²) < 4.78 is 0. The van der Waals surface area contributed by atoms with Crippen LogP contribution < -0.4 is 10.4 Å². The standard InChI is InChI=1S/C12H14/c1-2-10-7-5-8-11-6-3-4-9-12(10)11/h3-4,6,8-9H,2,5,7H2,1H3. The molecule has 0 nitrogen and oxygen atoms in total. The Morgan fingerprint density at radius 2 is 2.08 bits per heavy atom. The lowest BCUT2D eigenvalue weighted by atomic mass is 9.98. The SMILES string of the molecule is CCC1=c2ccccc2=CCC1. The van der Waals surface area contributed by atoms with Crippen molar-refractivity contribution < 1.29 is 0 Å². The van der Waals surface area contributed by atoms with Gasteiger partial charge >= 0.3 is 0 Å². The van der Waals surface area contributed by atoms with Gasteiger partial charge in [0.1, 0.15) is 0 Å². The molecule has 62 valence electrons. The summed E-state index contributed by atoms with van der Waals surface area (Å²) in [4.78, 5) is 0. The molecule has 0 heteroatoms. The minimum absolute atomic E-state index is 1.20. The third kappa shape index (κ3) is 1.18. The first-order chi connectivity index (χ1) is 5.92. The van der Waals surface area contributed by atoms with E-state index in [1.165, 1.54) is 29.7 Å². The van der Waals surface area contributed by atoms with Crippen LogP contribution >= 0.6 is 0 Å². The van der Waals surface area contributed by atoms with E-state index in [1.54, 1.807) is 5.57 Å². The summed E-state index contributed by atoms with van der Waals surface area (Å²) in [5.41, 5.74) is 1.62. The smallest absolute Gasteiger partial charge is 0.0195 e. The van der Waals surface area contributed by atoms with Gasteiger partial charge in [0.25, 0.3) is 0 Å². The summed E-state index contributed by atoms with van der Waals surface area (Å²) in [6.45, 7) is 2.25. The molecule has 0 radical (unpaired) electrons. The summed E-state index contributed by atoms with van der Waals surface area (Å²) in [7, 11) is 0. The second kappa shape index (κ2) is 3.14. The molecular formula is C12H14. The molecule has 0 saturated heterocycles. The van der Waals surface area contributed by atoms with Crippen LogP contribution in [-0.4, -0.2) is 0 Å². The van der Waals surface area contributed by atoms with E-state index < -0.39 is 0 Å². The zero-order valence-corrected chi connectivity index (χ0v) is 7.51. The van der Waals surface area contributed by atoms with Crippen molar-refractivity contribution >= 4 is 11.6 Å². The van der Waals surface area contributed by atoms with E-state index in [9.17, 15) is 0 Å². The Hall–Kier alpha value is -1.04. The Morgan fingerprint density at radius 1 is 1.25 bits per heavy atom. The fourth-order valence-corrected chi connectivity index (χ4v) is 1.90. The van der Waals surface area contributed by atoms with E-state index in [2.05, 4.69) is 37.3 Å². The number of hydrogen-bond acceptors (Lipinski definition) is 0. The average Bonchev–Trinajstić information content (AvgIpc) is 2.17. The number of rotatable bonds is 1. The maximum Gasteiger partial charge on any atom is -0.0195 e. The monoisotopic (exact) mass is 158 g/mol. The molecule has 0 atom stereocenters. The fourth-order valence-electron chi connectivity index (χ4n) is 1.90. The lowest BCUT2D eigenvalue weighted by molar-refractivity contribution is 1.01. The summed E-state index contributed by atoms with van der Waals surface area (Å²) in [5, 5.41) is 2.91. The van der Waals surface area contributed by atoms with E-state index in [0.717, 1.165) is 0 Å². The molecule has 0 aromatic heterocycles. The van der Waals surface area contributed by atoms with Crippen molar-refractivity contribution in [1.82, 2.24) is 0 Å². The van der Waals surface area contributed by atoms with Gasteiger partial charge in [-0.25, -0.2) is 0 Å². The maximum absolute atomic E-state index is 2.34. The highest BCUT2D eigenvalue weighted by atomic mass is 14.1. The van der Waals surface area contributed by atoms with Gasteiger partial charge in [-0.15, -0.1) is 0 Å². The van der Waals surface area contributed by atoms with Gasteiger partial charge in [0.2, 0.25) is 0 Å². The van der Waals surface area contributed by atoms with Crippen molar-refractivity contribution in [2.45, 2.75) is 26.2 Å². The van der Waals surface area contributed by atoms with Gasteiger partial charge in [0.05, 0.1) is 0 Å². The summed E-state index contributed by atoms with van der Waals surface area (Å²) >= 11 is 0.